The fourth-order valence-electron chi connectivity index (χ4n) is 2.37. The number of nitrogens with zero attached hydrogens (tertiary/aromatic N) is 4. The summed E-state index contributed by atoms with van der Waals surface area (Å²) in [7, 11) is 1.75. The largest absolute Gasteiger partial charge is 0.338 e. The van der Waals surface area contributed by atoms with E-state index in [0.717, 1.165) is 20.7 Å². The molecule has 6 nitrogen and oxygen atoms in total. The molecule has 3 aromatic heterocycles. The van der Waals surface area contributed by atoms with E-state index >= 15 is 0 Å². The highest BCUT2D eigenvalue weighted by molar-refractivity contribution is 7.99. The number of aryl methyl sites for hydroxylation is 2. The summed E-state index contributed by atoms with van der Waals surface area (Å²) in [5.41, 5.74) is 0.842. The first kappa shape index (κ1) is 18.1. The molecule has 0 aliphatic rings. The summed E-state index contributed by atoms with van der Waals surface area (Å²) in [6, 6.07) is 0. The van der Waals surface area contributed by atoms with Crippen molar-refractivity contribution < 1.29 is 4.52 Å². The van der Waals surface area contributed by atoms with Gasteiger partial charge in [0, 0.05) is 17.3 Å². The third-order valence-electron chi connectivity index (χ3n) is 4.11. The molecule has 134 valence electrons. The molecular formula is C17H22N4O2S2. The van der Waals surface area contributed by atoms with Crippen LogP contribution < -0.4 is 5.56 Å². The summed E-state index contributed by atoms with van der Waals surface area (Å²) < 4.78 is 7.01. The van der Waals surface area contributed by atoms with Crippen LogP contribution in [-0.2, 0) is 12.5 Å². The van der Waals surface area contributed by atoms with Gasteiger partial charge in [-0.3, -0.25) is 9.36 Å². The molecule has 0 aromatic carbocycles. The van der Waals surface area contributed by atoms with Gasteiger partial charge in [-0.25, -0.2) is 4.98 Å². The summed E-state index contributed by atoms with van der Waals surface area (Å²) >= 11 is 3.01. The highest BCUT2D eigenvalue weighted by atomic mass is 32.2. The van der Waals surface area contributed by atoms with Crippen molar-refractivity contribution in [3.05, 3.63) is 32.5 Å². The molecule has 1 unspecified atom stereocenters. The number of thioether (sulfide) groups is 1. The maximum absolute atomic E-state index is 12.7. The van der Waals surface area contributed by atoms with Crippen molar-refractivity contribution in [3.8, 4) is 0 Å². The first-order valence-electron chi connectivity index (χ1n) is 8.07. The minimum atomic E-state index is -0.165. The Morgan fingerprint density at radius 1 is 1.24 bits per heavy atom. The first-order valence-corrected chi connectivity index (χ1v) is 9.76. The molecule has 0 aliphatic heterocycles. The van der Waals surface area contributed by atoms with Gasteiger partial charge in [0.15, 0.2) is 11.0 Å². The normalized spacial score (nSPS) is 13.6. The summed E-state index contributed by atoms with van der Waals surface area (Å²) in [5.74, 6) is 1.22. The van der Waals surface area contributed by atoms with Crippen LogP contribution in [0.2, 0.25) is 0 Å². The van der Waals surface area contributed by atoms with E-state index in [1.165, 1.54) is 11.8 Å². The average molecular weight is 379 g/mol. The zero-order valence-corrected chi connectivity index (χ0v) is 17.1. The Balaban J connectivity index is 1.96. The second kappa shape index (κ2) is 6.25. The monoisotopic (exact) mass is 378 g/mol. The molecule has 0 radical (unpaired) electrons. The van der Waals surface area contributed by atoms with Gasteiger partial charge in [0.05, 0.1) is 10.6 Å². The average Bonchev–Trinajstić information content (AvgIpc) is 3.11. The Kier molecular flexibility index (Phi) is 4.53. The van der Waals surface area contributed by atoms with Crippen LogP contribution in [0.5, 0.6) is 0 Å². The van der Waals surface area contributed by atoms with Crippen molar-refractivity contribution in [1.82, 2.24) is 19.7 Å². The maximum atomic E-state index is 12.7. The van der Waals surface area contributed by atoms with Crippen LogP contribution in [-0.4, -0.2) is 19.7 Å². The summed E-state index contributed by atoms with van der Waals surface area (Å²) in [6.07, 6.45) is 0. The molecule has 3 aromatic rings. The van der Waals surface area contributed by atoms with Gasteiger partial charge in [0.2, 0.25) is 5.89 Å². The lowest BCUT2D eigenvalue weighted by molar-refractivity contribution is 0.364. The maximum Gasteiger partial charge on any atom is 0.262 e. The van der Waals surface area contributed by atoms with Crippen molar-refractivity contribution in [1.29, 1.82) is 0 Å². The second-order valence-electron chi connectivity index (χ2n) is 7.19. The van der Waals surface area contributed by atoms with Gasteiger partial charge in [0.25, 0.3) is 5.56 Å². The van der Waals surface area contributed by atoms with E-state index in [2.05, 4.69) is 10.1 Å². The number of rotatable bonds is 3. The van der Waals surface area contributed by atoms with Crippen LogP contribution in [0.1, 0.15) is 55.1 Å². The van der Waals surface area contributed by atoms with Crippen LogP contribution in [0.15, 0.2) is 14.5 Å². The van der Waals surface area contributed by atoms with Crippen molar-refractivity contribution in [3.63, 3.8) is 0 Å². The molecule has 0 saturated carbocycles. The van der Waals surface area contributed by atoms with Gasteiger partial charge in [-0.15, -0.1) is 11.3 Å². The predicted molar refractivity (Wildman–Crippen MR) is 102 cm³/mol. The standard InChI is InChI=1S/C17H22N4O2S2/c1-8-9(2)24-13-11(8)14(22)21(7)16(19-13)25-10(3)12-18-15(20-23-12)17(4,5)6/h10H,1-7H3. The number of hydrogen-bond acceptors (Lipinski definition) is 7. The topological polar surface area (TPSA) is 73.8 Å². The Labute approximate surface area is 154 Å². The number of thiophene rings is 1. The lowest BCUT2D eigenvalue weighted by Crippen LogP contribution is -2.20. The molecular weight excluding hydrogens is 356 g/mol. The van der Waals surface area contributed by atoms with Gasteiger partial charge < -0.3 is 4.52 Å². The Hall–Kier alpha value is -1.67. The van der Waals surface area contributed by atoms with E-state index in [4.69, 9.17) is 9.51 Å². The molecule has 3 rings (SSSR count). The summed E-state index contributed by atoms with van der Waals surface area (Å²) in [5, 5.41) is 5.34. The van der Waals surface area contributed by atoms with Crippen LogP contribution in [0, 0.1) is 13.8 Å². The van der Waals surface area contributed by atoms with Crippen LogP contribution >= 0.6 is 23.1 Å². The van der Waals surface area contributed by atoms with E-state index in [0.29, 0.717) is 16.9 Å². The molecule has 0 fully saturated rings. The Morgan fingerprint density at radius 2 is 1.92 bits per heavy atom. The number of aromatic nitrogens is 4. The lowest BCUT2D eigenvalue weighted by atomic mass is 9.96. The van der Waals surface area contributed by atoms with Gasteiger partial charge in [-0.05, 0) is 26.3 Å². The summed E-state index contributed by atoms with van der Waals surface area (Å²) in [6.45, 7) is 12.1. The van der Waals surface area contributed by atoms with Crippen LogP contribution in [0.25, 0.3) is 10.2 Å². The van der Waals surface area contributed by atoms with Gasteiger partial charge >= 0.3 is 0 Å². The van der Waals surface area contributed by atoms with E-state index in [9.17, 15) is 4.79 Å². The summed E-state index contributed by atoms with van der Waals surface area (Å²) in [4.78, 5) is 23.8. The fourth-order valence-corrected chi connectivity index (χ4v) is 4.35. The zero-order chi connectivity index (χ0) is 18.5. The third-order valence-corrected chi connectivity index (χ3v) is 6.34. The molecule has 0 amide bonds. The second-order valence-corrected chi connectivity index (χ2v) is 9.70. The molecule has 0 saturated heterocycles. The smallest absolute Gasteiger partial charge is 0.262 e. The van der Waals surface area contributed by atoms with Crippen LogP contribution in [0.3, 0.4) is 0 Å². The molecule has 3 heterocycles. The van der Waals surface area contributed by atoms with Gasteiger partial charge in [-0.1, -0.05) is 37.7 Å². The Bertz CT molecular complexity index is 995. The highest BCUT2D eigenvalue weighted by Gasteiger charge is 2.25. The predicted octanol–water partition coefficient (Wildman–Crippen LogP) is 4.15. The zero-order valence-electron chi connectivity index (χ0n) is 15.5. The van der Waals surface area contributed by atoms with Crippen molar-refractivity contribution in [2.24, 2.45) is 7.05 Å². The van der Waals surface area contributed by atoms with Crippen molar-refractivity contribution in [2.45, 2.75) is 57.4 Å². The van der Waals surface area contributed by atoms with Gasteiger partial charge in [-0.2, -0.15) is 4.98 Å². The van der Waals surface area contributed by atoms with Crippen LogP contribution in [0.4, 0.5) is 0 Å². The quantitative estimate of drug-likeness (QED) is 0.504. The molecule has 8 heteroatoms. The minimum Gasteiger partial charge on any atom is -0.338 e. The molecule has 1 atom stereocenters. The lowest BCUT2D eigenvalue weighted by Gasteiger charge is -2.12. The molecule has 25 heavy (non-hydrogen) atoms. The van der Waals surface area contributed by atoms with Crippen molar-refractivity contribution in [2.75, 3.05) is 0 Å². The van der Waals surface area contributed by atoms with E-state index in [-0.39, 0.29) is 16.2 Å². The van der Waals surface area contributed by atoms with E-state index in [1.807, 2.05) is 41.5 Å². The SMILES string of the molecule is Cc1sc2nc(SC(C)c3nc(C(C)(C)C)no3)n(C)c(=O)c2c1C. The van der Waals surface area contributed by atoms with Gasteiger partial charge in [0.1, 0.15) is 4.83 Å². The number of hydrogen-bond donors (Lipinski definition) is 0. The first-order chi connectivity index (χ1) is 11.6. The molecule has 0 aliphatic carbocycles. The molecule has 0 bridgehead atoms. The minimum absolute atomic E-state index is 0.0116. The van der Waals surface area contributed by atoms with E-state index < -0.39 is 0 Å². The molecule has 0 spiro atoms. The fraction of sp³-hybridized carbons (Fsp3) is 0.529. The van der Waals surface area contributed by atoms with E-state index in [1.54, 1.807) is 23.0 Å². The highest BCUT2D eigenvalue weighted by Crippen LogP contribution is 2.35. The molecule has 0 N–H and O–H groups in total. The Morgan fingerprint density at radius 3 is 2.52 bits per heavy atom. The third kappa shape index (κ3) is 3.25. The van der Waals surface area contributed by atoms with Crippen molar-refractivity contribution >= 4 is 33.3 Å². The number of fused-ring (bicyclic) bond motifs is 1.